The molecule has 0 aliphatic carbocycles. The maximum absolute atomic E-state index is 14.0. The lowest BCUT2D eigenvalue weighted by molar-refractivity contribution is 0.348. The van der Waals surface area contributed by atoms with Crippen LogP contribution in [0.5, 0.6) is 0 Å². The number of rotatable bonds is 3. The van der Waals surface area contributed by atoms with Gasteiger partial charge >= 0.3 is 0 Å². The molecular weight excluding hydrogens is 337 g/mol. The van der Waals surface area contributed by atoms with Gasteiger partial charge in [0, 0.05) is 16.4 Å². The molecule has 2 heterocycles. The Morgan fingerprint density at radius 2 is 1.81 bits per heavy atom. The molecule has 1 aliphatic rings. The molecule has 3 nitrogen and oxygen atoms in total. The van der Waals surface area contributed by atoms with E-state index < -0.39 is 0 Å². The third-order valence-electron chi connectivity index (χ3n) is 5.50. The molecule has 0 N–H and O–H groups in total. The van der Waals surface area contributed by atoms with Crippen LogP contribution in [0.15, 0.2) is 53.5 Å². The average Bonchev–Trinajstić information content (AvgIpc) is 2.64. The van der Waals surface area contributed by atoms with Crippen LogP contribution in [0, 0.1) is 11.7 Å². The highest BCUT2D eigenvalue weighted by molar-refractivity contribution is 6.14. The lowest BCUT2D eigenvalue weighted by Gasteiger charge is -2.39. The van der Waals surface area contributed by atoms with Crippen LogP contribution < -0.4 is 0 Å². The zero-order valence-corrected chi connectivity index (χ0v) is 16.2. The lowest BCUT2D eigenvalue weighted by Crippen LogP contribution is -2.39. The zero-order valence-electron chi connectivity index (χ0n) is 16.2. The van der Waals surface area contributed by atoms with E-state index in [2.05, 4.69) is 56.1 Å². The van der Waals surface area contributed by atoms with Crippen LogP contribution >= 0.6 is 0 Å². The molecule has 0 saturated heterocycles. The molecule has 3 aromatic rings. The molecule has 1 unspecified atom stereocenters. The van der Waals surface area contributed by atoms with E-state index in [4.69, 9.17) is 4.99 Å². The Balaban J connectivity index is 1.91. The minimum Gasteiger partial charge on any atom is -0.278 e. The maximum atomic E-state index is 14.0. The Morgan fingerprint density at radius 3 is 2.59 bits per heavy atom. The number of benzene rings is 2. The summed E-state index contributed by atoms with van der Waals surface area (Å²) in [6, 6.07) is 15.4. The quantitative estimate of drug-likeness (QED) is 0.634. The van der Waals surface area contributed by atoms with Crippen molar-refractivity contribution >= 4 is 16.6 Å². The molecule has 1 aliphatic heterocycles. The van der Waals surface area contributed by atoms with Gasteiger partial charge in [-0.3, -0.25) is 4.99 Å². The van der Waals surface area contributed by atoms with E-state index in [1.54, 1.807) is 6.07 Å². The molecule has 138 valence electrons. The first-order valence-electron chi connectivity index (χ1n) is 9.48. The number of hydrogen-bond donors (Lipinski definition) is 0. The molecular formula is C23H24FN3. The van der Waals surface area contributed by atoms with Gasteiger partial charge in [-0.15, -0.1) is 10.2 Å². The van der Waals surface area contributed by atoms with Crippen LogP contribution in [0.1, 0.15) is 50.9 Å². The van der Waals surface area contributed by atoms with Crippen molar-refractivity contribution in [3.8, 4) is 0 Å². The summed E-state index contributed by atoms with van der Waals surface area (Å²) in [4.78, 5) is 5.14. The molecule has 27 heavy (non-hydrogen) atoms. The van der Waals surface area contributed by atoms with Gasteiger partial charge in [0.15, 0.2) is 5.82 Å². The molecule has 1 aromatic heterocycles. The number of hydrogen-bond acceptors (Lipinski definition) is 3. The SMILES string of the molecule is CC(C)CC1N=C(c2cc3cccc(F)c3nn2)c2ccccc2C1(C)C. The van der Waals surface area contributed by atoms with Crippen LogP contribution in [-0.4, -0.2) is 22.0 Å². The lowest BCUT2D eigenvalue weighted by atomic mass is 9.70. The molecule has 4 rings (SSSR count). The van der Waals surface area contributed by atoms with Crippen molar-refractivity contribution in [1.29, 1.82) is 0 Å². The van der Waals surface area contributed by atoms with Crippen molar-refractivity contribution in [2.24, 2.45) is 10.9 Å². The van der Waals surface area contributed by atoms with Crippen LogP contribution in [0.25, 0.3) is 10.9 Å². The molecule has 0 amide bonds. The summed E-state index contributed by atoms with van der Waals surface area (Å²) in [5.41, 5.74) is 4.17. The van der Waals surface area contributed by atoms with Crippen molar-refractivity contribution in [1.82, 2.24) is 10.2 Å². The normalized spacial score (nSPS) is 18.4. The second-order valence-electron chi connectivity index (χ2n) is 8.30. The topological polar surface area (TPSA) is 38.1 Å². The van der Waals surface area contributed by atoms with Crippen LogP contribution in [0.3, 0.4) is 0 Å². The molecule has 2 aromatic carbocycles. The van der Waals surface area contributed by atoms with Crippen LogP contribution in [0.4, 0.5) is 4.39 Å². The maximum Gasteiger partial charge on any atom is 0.151 e. The molecule has 0 radical (unpaired) electrons. The van der Waals surface area contributed by atoms with Crippen LogP contribution in [0.2, 0.25) is 0 Å². The van der Waals surface area contributed by atoms with E-state index in [9.17, 15) is 4.39 Å². The van der Waals surface area contributed by atoms with Crippen molar-refractivity contribution in [3.05, 3.63) is 71.2 Å². The van der Waals surface area contributed by atoms with E-state index >= 15 is 0 Å². The first-order valence-corrected chi connectivity index (χ1v) is 9.48. The van der Waals surface area contributed by atoms with Gasteiger partial charge in [-0.1, -0.05) is 64.1 Å². The number of fused-ring (bicyclic) bond motifs is 2. The average molecular weight is 361 g/mol. The highest BCUT2D eigenvalue weighted by atomic mass is 19.1. The Labute approximate surface area is 159 Å². The fourth-order valence-corrected chi connectivity index (χ4v) is 3.97. The van der Waals surface area contributed by atoms with Gasteiger partial charge in [0.1, 0.15) is 11.2 Å². The first-order chi connectivity index (χ1) is 12.9. The number of halogens is 1. The standard InChI is InChI=1S/C23H24FN3/c1-14(2)12-20-23(3,4)17-10-6-5-9-16(17)22(25-20)19-13-15-8-7-11-18(24)21(15)27-26-19/h5-11,13-14,20H,12H2,1-4H3. The van der Waals surface area contributed by atoms with Gasteiger partial charge in [0.2, 0.25) is 0 Å². The van der Waals surface area contributed by atoms with Crippen molar-refractivity contribution in [2.45, 2.75) is 45.6 Å². The summed E-state index contributed by atoms with van der Waals surface area (Å²) in [7, 11) is 0. The second-order valence-corrected chi connectivity index (χ2v) is 8.30. The highest BCUT2D eigenvalue weighted by Gasteiger charge is 2.38. The Kier molecular flexibility index (Phi) is 4.29. The third kappa shape index (κ3) is 3.03. The highest BCUT2D eigenvalue weighted by Crippen LogP contribution is 2.39. The molecule has 1 atom stereocenters. The van der Waals surface area contributed by atoms with Crippen molar-refractivity contribution in [3.63, 3.8) is 0 Å². The predicted molar refractivity (Wildman–Crippen MR) is 108 cm³/mol. The number of aromatic nitrogens is 2. The second kappa shape index (κ2) is 6.52. The van der Waals surface area contributed by atoms with Gasteiger partial charge < -0.3 is 0 Å². The van der Waals surface area contributed by atoms with E-state index in [1.807, 2.05) is 18.2 Å². The van der Waals surface area contributed by atoms with Gasteiger partial charge in [-0.25, -0.2) is 4.39 Å². The molecule has 0 saturated carbocycles. The van der Waals surface area contributed by atoms with Gasteiger partial charge in [0.25, 0.3) is 0 Å². The number of aliphatic imine (C=N–C) groups is 1. The third-order valence-corrected chi connectivity index (χ3v) is 5.50. The molecule has 4 heteroatoms. The van der Waals surface area contributed by atoms with E-state index in [0.717, 1.165) is 23.1 Å². The molecule has 0 fully saturated rings. The molecule has 0 bridgehead atoms. The Hall–Kier alpha value is -2.62. The predicted octanol–water partition coefficient (Wildman–Crippen LogP) is 5.31. The number of nitrogens with zero attached hydrogens (tertiary/aromatic N) is 3. The minimum absolute atomic E-state index is 0.0548. The van der Waals surface area contributed by atoms with Gasteiger partial charge in [-0.2, -0.15) is 0 Å². The Morgan fingerprint density at radius 1 is 1.04 bits per heavy atom. The summed E-state index contributed by atoms with van der Waals surface area (Å²) in [6.45, 7) is 8.98. The summed E-state index contributed by atoms with van der Waals surface area (Å²) in [5, 5.41) is 9.22. The van der Waals surface area contributed by atoms with Crippen molar-refractivity contribution < 1.29 is 4.39 Å². The van der Waals surface area contributed by atoms with Gasteiger partial charge in [-0.05, 0) is 30.0 Å². The molecule has 0 spiro atoms. The fourth-order valence-electron chi connectivity index (χ4n) is 3.97. The summed E-state index contributed by atoms with van der Waals surface area (Å²) in [5.74, 6) is 0.192. The van der Waals surface area contributed by atoms with E-state index in [1.165, 1.54) is 11.6 Å². The first kappa shape index (κ1) is 17.8. The monoisotopic (exact) mass is 361 g/mol. The van der Waals surface area contributed by atoms with E-state index in [0.29, 0.717) is 17.1 Å². The summed E-state index contributed by atoms with van der Waals surface area (Å²) in [6.07, 6.45) is 1.00. The van der Waals surface area contributed by atoms with Gasteiger partial charge in [0.05, 0.1) is 11.8 Å². The Bertz CT molecular complexity index is 1040. The summed E-state index contributed by atoms with van der Waals surface area (Å²) < 4.78 is 14.0. The summed E-state index contributed by atoms with van der Waals surface area (Å²) >= 11 is 0. The largest absolute Gasteiger partial charge is 0.278 e. The van der Waals surface area contributed by atoms with Crippen LogP contribution in [-0.2, 0) is 5.41 Å². The minimum atomic E-state index is -0.351. The zero-order chi connectivity index (χ0) is 19.2. The van der Waals surface area contributed by atoms with Crippen molar-refractivity contribution in [2.75, 3.05) is 0 Å². The van der Waals surface area contributed by atoms with E-state index in [-0.39, 0.29) is 17.3 Å². The smallest absolute Gasteiger partial charge is 0.151 e. The fraction of sp³-hybridized carbons (Fsp3) is 0.348.